The van der Waals surface area contributed by atoms with Crippen molar-refractivity contribution in [1.29, 1.82) is 0 Å². The second-order valence-corrected chi connectivity index (χ2v) is 5.01. The molecule has 0 heterocycles. The van der Waals surface area contributed by atoms with Crippen molar-refractivity contribution >= 4 is 28.9 Å². The predicted molar refractivity (Wildman–Crippen MR) is 79.8 cm³/mol. The molecule has 0 spiro atoms. The highest BCUT2D eigenvalue weighted by atomic mass is 35.5. The van der Waals surface area contributed by atoms with Crippen LogP contribution in [-0.4, -0.2) is 10.0 Å². The van der Waals surface area contributed by atoms with Gasteiger partial charge in [0.2, 0.25) is 0 Å². The van der Waals surface area contributed by atoms with E-state index in [1.807, 2.05) is 0 Å². The Morgan fingerprint density at radius 3 is 2.43 bits per heavy atom. The standard InChI is InChI=1S/C14H11Cl2NO4/c15-12-2-1-3-13(16)11(12)8-21-14-5-4-10(17(19)20)6-9(14)7-18/h1-6,18H,7-8H2. The van der Waals surface area contributed by atoms with Gasteiger partial charge in [-0.1, -0.05) is 29.3 Å². The number of hydrogen-bond donors (Lipinski definition) is 1. The summed E-state index contributed by atoms with van der Waals surface area (Å²) in [5, 5.41) is 20.9. The van der Waals surface area contributed by atoms with Crippen LogP contribution in [0, 0.1) is 10.1 Å². The van der Waals surface area contributed by atoms with Crippen LogP contribution in [-0.2, 0) is 13.2 Å². The van der Waals surface area contributed by atoms with Gasteiger partial charge in [0.25, 0.3) is 5.69 Å². The van der Waals surface area contributed by atoms with Gasteiger partial charge in [0.1, 0.15) is 12.4 Å². The maximum absolute atomic E-state index is 10.7. The summed E-state index contributed by atoms with van der Waals surface area (Å²) in [5.74, 6) is 0.346. The number of non-ortho nitro benzene ring substituents is 1. The minimum atomic E-state index is -0.534. The number of aliphatic hydroxyl groups is 1. The first-order chi connectivity index (χ1) is 10.0. The highest BCUT2D eigenvalue weighted by Gasteiger charge is 2.12. The molecular formula is C14H11Cl2NO4. The Morgan fingerprint density at radius 1 is 1.19 bits per heavy atom. The van der Waals surface area contributed by atoms with Crippen LogP contribution in [0.5, 0.6) is 5.75 Å². The van der Waals surface area contributed by atoms with E-state index in [2.05, 4.69) is 0 Å². The summed E-state index contributed by atoms with van der Waals surface area (Å²) >= 11 is 12.1. The molecule has 0 atom stereocenters. The lowest BCUT2D eigenvalue weighted by Gasteiger charge is -2.12. The Kier molecular flexibility index (Phi) is 5.01. The van der Waals surface area contributed by atoms with Gasteiger partial charge in [-0.2, -0.15) is 0 Å². The molecule has 0 fully saturated rings. The molecule has 2 aromatic carbocycles. The molecule has 0 saturated carbocycles. The van der Waals surface area contributed by atoms with E-state index in [-0.39, 0.29) is 18.9 Å². The Bertz CT molecular complexity index is 656. The van der Waals surface area contributed by atoms with E-state index in [4.69, 9.17) is 27.9 Å². The van der Waals surface area contributed by atoms with Gasteiger partial charge in [-0.05, 0) is 18.2 Å². The highest BCUT2D eigenvalue weighted by Crippen LogP contribution is 2.28. The largest absolute Gasteiger partial charge is 0.488 e. The third kappa shape index (κ3) is 3.64. The average Bonchev–Trinajstić information content (AvgIpc) is 2.46. The first-order valence-electron chi connectivity index (χ1n) is 5.96. The number of nitro benzene ring substituents is 1. The molecule has 0 aromatic heterocycles. The molecule has 110 valence electrons. The molecule has 0 aliphatic rings. The van der Waals surface area contributed by atoms with Gasteiger partial charge in [-0.3, -0.25) is 10.1 Å². The lowest BCUT2D eigenvalue weighted by Crippen LogP contribution is -2.01. The van der Waals surface area contributed by atoms with Crippen LogP contribution in [0.4, 0.5) is 5.69 Å². The summed E-state index contributed by atoms with van der Waals surface area (Å²) in [6.45, 7) is -0.267. The molecule has 0 aliphatic heterocycles. The molecule has 1 N–H and O–H groups in total. The van der Waals surface area contributed by atoms with Crippen molar-refractivity contribution < 1.29 is 14.8 Å². The first kappa shape index (κ1) is 15.6. The van der Waals surface area contributed by atoms with E-state index < -0.39 is 4.92 Å². The molecule has 0 aliphatic carbocycles. The van der Waals surface area contributed by atoms with Gasteiger partial charge in [0.05, 0.1) is 11.5 Å². The third-order valence-electron chi connectivity index (χ3n) is 2.86. The minimum Gasteiger partial charge on any atom is -0.488 e. The molecule has 0 bridgehead atoms. The fraction of sp³-hybridized carbons (Fsp3) is 0.143. The second-order valence-electron chi connectivity index (χ2n) is 4.20. The monoisotopic (exact) mass is 327 g/mol. The molecule has 5 nitrogen and oxygen atoms in total. The number of aliphatic hydroxyl groups excluding tert-OH is 1. The molecule has 2 aromatic rings. The molecule has 0 amide bonds. The predicted octanol–water partition coefficient (Wildman–Crippen LogP) is 3.97. The van der Waals surface area contributed by atoms with Gasteiger partial charge < -0.3 is 9.84 Å². The van der Waals surface area contributed by atoms with E-state index >= 15 is 0 Å². The fourth-order valence-corrected chi connectivity index (χ4v) is 2.27. The van der Waals surface area contributed by atoms with Crippen molar-refractivity contribution in [2.24, 2.45) is 0 Å². The molecule has 0 saturated heterocycles. The van der Waals surface area contributed by atoms with Crippen LogP contribution in [0.1, 0.15) is 11.1 Å². The van der Waals surface area contributed by atoms with Crippen molar-refractivity contribution in [3.63, 3.8) is 0 Å². The number of benzene rings is 2. The molecule has 0 radical (unpaired) electrons. The number of rotatable bonds is 5. The quantitative estimate of drug-likeness (QED) is 0.666. The Morgan fingerprint density at radius 2 is 1.86 bits per heavy atom. The number of ether oxygens (including phenoxy) is 1. The van der Waals surface area contributed by atoms with Crippen molar-refractivity contribution in [3.8, 4) is 5.75 Å². The topological polar surface area (TPSA) is 72.6 Å². The zero-order valence-electron chi connectivity index (χ0n) is 10.8. The second kappa shape index (κ2) is 6.76. The SMILES string of the molecule is O=[N+]([O-])c1ccc(OCc2c(Cl)cccc2Cl)c(CO)c1. The molecule has 7 heteroatoms. The van der Waals surface area contributed by atoms with Crippen LogP contribution in [0.3, 0.4) is 0 Å². The number of nitrogens with zero attached hydrogens (tertiary/aromatic N) is 1. The maximum atomic E-state index is 10.7. The number of nitro groups is 1. The van der Waals surface area contributed by atoms with Crippen molar-refractivity contribution in [1.82, 2.24) is 0 Å². The van der Waals surface area contributed by atoms with E-state index in [0.717, 1.165) is 0 Å². The minimum absolute atomic E-state index is 0.101. The normalized spacial score (nSPS) is 10.4. The third-order valence-corrected chi connectivity index (χ3v) is 3.57. The number of halogens is 2. The Balaban J connectivity index is 2.22. The molecular weight excluding hydrogens is 317 g/mol. The van der Waals surface area contributed by atoms with Gasteiger partial charge >= 0.3 is 0 Å². The summed E-state index contributed by atoms with van der Waals surface area (Å²) in [6.07, 6.45) is 0. The Labute approximate surface area is 130 Å². The fourth-order valence-electron chi connectivity index (χ4n) is 1.76. The van der Waals surface area contributed by atoms with E-state index in [9.17, 15) is 15.2 Å². The summed E-state index contributed by atoms with van der Waals surface area (Å²) in [4.78, 5) is 10.2. The summed E-state index contributed by atoms with van der Waals surface area (Å²) in [5.41, 5.74) is 0.831. The summed E-state index contributed by atoms with van der Waals surface area (Å²) in [6, 6.07) is 9.11. The zero-order valence-corrected chi connectivity index (χ0v) is 12.3. The molecule has 0 unspecified atom stereocenters. The van der Waals surface area contributed by atoms with Crippen molar-refractivity contribution in [3.05, 3.63) is 67.7 Å². The van der Waals surface area contributed by atoms with Crippen molar-refractivity contribution in [2.75, 3.05) is 0 Å². The van der Waals surface area contributed by atoms with Crippen LogP contribution >= 0.6 is 23.2 Å². The van der Waals surface area contributed by atoms with Gasteiger partial charge in [0.15, 0.2) is 0 Å². The van der Waals surface area contributed by atoms with Crippen LogP contribution in [0.2, 0.25) is 10.0 Å². The van der Waals surface area contributed by atoms with Gasteiger partial charge in [-0.25, -0.2) is 0 Å². The van der Waals surface area contributed by atoms with Crippen LogP contribution < -0.4 is 4.74 Å². The van der Waals surface area contributed by atoms with E-state index in [1.54, 1.807) is 18.2 Å². The lowest BCUT2D eigenvalue weighted by atomic mass is 10.2. The summed E-state index contributed by atoms with van der Waals surface area (Å²) in [7, 11) is 0. The summed E-state index contributed by atoms with van der Waals surface area (Å²) < 4.78 is 5.56. The maximum Gasteiger partial charge on any atom is 0.270 e. The lowest BCUT2D eigenvalue weighted by molar-refractivity contribution is -0.385. The van der Waals surface area contributed by atoms with Crippen molar-refractivity contribution in [2.45, 2.75) is 13.2 Å². The van der Waals surface area contributed by atoms with E-state index in [0.29, 0.717) is 26.9 Å². The number of hydrogen-bond acceptors (Lipinski definition) is 4. The smallest absolute Gasteiger partial charge is 0.270 e. The van der Waals surface area contributed by atoms with Crippen LogP contribution in [0.25, 0.3) is 0 Å². The molecule has 21 heavy (non-hydrogen) atoms. The van der Waals surface area contributed by atoms with Gasteiger partial charge in [-0.15, -0.1) is 0 Å². The van der Waals surface area contributed by atoms with E-state index in [1.165, 1.54) is 18.2 Å². The average molecular weight is 328 g/mol. The first-order valence-corrected chi connectivity index (χ1v) is 6.72. The van der Waals surface area contributed by atoms with Gasteiger partial charge in [0, 0.05) is 33.3 Å². The highest BCUT2D eigenvalue weighted by molar-refractivity contribution is 6.35. The zero-order chi connectivity index (χ0) is 15.4. The van der Waals surface area contributed by atoms with Crippen LogP contribution in [0.15, 0.2) is 36.4 Å². The Hall–Kier alpha value is -1.82. The molecule has 2 rings (SSSR count).